The molecule has 86 valence electrons. The molecular weight excluding hydrogens is 190 g/mol. The van der Waals surface area contributed by atoms with Gasteiger partial charge in [-0.15, -0.1) is 0 Å². The van der Waals surface area contributed by atoms with E-state index in [9.17, 15) is 4.79 Å². The Morgan fingerprint density at radius 1 is 1.47 bits per heavy atom. The van der Waals surface area contributed by atoms with Crippen LogP contribution in [-0.4, -0.2) is 36.6 Å². The van der Waals surface area contributed by atoms with Crippen molar-refractivity contribution in [1.29, 1.82) is 0 Å². The van der Waals surface area contributed by atoms with Gasteiger partial charge in [-0.25, -0.2) is 4.79 Å². The van der Waals surface area contributed by atoms with Crippen LogP contribution in [0.4, 0.5) is 4.79 Å². The molecule has 3 N–H and O–H groups in total. The maximum Gasteiger partial charge on any atom is 0.317 e. The first-order chi connectivity index (χ1) is 7.13. The van der Waals surface area contributed by atoms with Crippen LogP contribution >= 0.6 is 0 Å². The van der Waals surface area contributed by atoms with Crippen molar-refractivity contribution in [2.45, 2.75) is 38.6 Å². The summed E-state index contributed by atoms with van der Waals surface area (Å²) in [6.07, 6.45) is 4.36. The molecular formula is C11H21N3O. The van der Waals surface area contributed by atoms with E-state index in [1.54, 1.807) is 0 Å². The molecule has 0 unspecified atom stereocenters. The van der Waals surface area contributed by atoms with Crippen LogP contribution in [-0.2, 0) is 0 Å². The maximum atomic E-state index is 11.7. The lowest BCUT2D eigenvalue weighted by atomic mass is 9.81. The van der Waals surface area contributed by atoms with E-state index in [1.165, 1.54) is 0 Å². The van der Waals surface area contributed by atoms with E-state index < -0.39 is 0 Å². The van der Waals surface area contributed by atoms with Gasteiger partial charge in [0, 0.05) is 19.1 Å². The van der Waals surface area contributed by atoms with Gasteiger partial charge in [-0.05, 0) is 37.6 Å². The van der Waals surface area contributed by atoms with Crippen LogP contribution in [0, 0.1) is 5.41 Å². The monoisotopic (exact) mass is 211 g/mol. The van der Waals surface area contributed by atoms with Crippen molar-refractivity contribution in [3.63, 3.8) is 0 Å². The first-order valence-corrected chi connectivity index (χ1v) is 5.88. The average molecular weight is 211 g/mol. The molecule has 0 bridgehead atoms. The second-order valence-electron chi connectivity index (χ2n) is 5.23. The van der Waals surface area contributed by atoms with E-state index in [0.717, 1.165) is 45.3 Å². The molecule has 0 radical (unpaired) electrons. The standard InChI is InChI=1S/C11H21N3O/c1-11(8-12)4-6-14(7-5-11)10(15)13-9-2-3-9/h9H,2-8,12H2,1H3,(H,13,15). The molecule has 0 aromatic rings. The number of rotatable bonds is 2. The Bertz CT molecular complexity index is 242. The Kier molecular flexibility index (Phi) is 2.87. The number of carbonyl (C=O) groups is 1. The Balaban J connectivity index is 1.79. The number of piperidine rings is 1. The Morgan fingerprint density at radius 2 is 2.07 bits per heavy atom. The third-order valence-corrected chi connectivity index (χ3v) is 3.66. The summed E-state index contributed by atoms with van der Waals surface area (Å²) in [4.78, 5) is 13.7. The zero-order chi connectivity index (χ0) is 10.9. The van der Waals surface area contributed by atoms with Crippen LogP contribution < -0.4 is 11.1 Å². The van der Waals surface area contributed by atoms with Crippen LogP contribution in [0.15, 0.2) is 0 Å². The minimum atomic E-state index is 0.122. The van der Waals surface area contributed by atoms with E-state index in [4.69, 9.17) is 5.73 Å². The van der Waals surface area contributed by atoms with Crippen molar-refractivity contribution < 1.29 is 4.79 Å². The zero-order valence-electron chi connectivity index (χ0n) is 9.46. The van der Waals surface area contributed by atoms with Crippen LogP contribution in [0.25, 0.3) is 0 Å². The van der Waals surface area contributed by atoms with Crippen molar-refractivity contribution in [3.05, 3.63) is 0 Å². The lowest BCUT2D eigenvalue weighted by molar-refractivity contribution is 0.133. The number of hydrogen-bond acceptors (Lipinski definition) is 2. The summed E-state index contributed by atoms with van der Waals surface area (Å²) in [6, 6.07) is 0.580. The molecule has 2 fully saturated rings. The Labute approximate surface area is 91.2 Å². The second kappa shape index (κ2) is 4.00. The number of amides is 2. The van der Waals surface area contributed by atoms with E-state index in [-0.39, 0.29) is 11.4 Å². The van der Waals surface area contributed by atoms with Gasteiger partial charge in [0.1, 0.15) is 0 Å². The van der Waals surface area contributed by atoms with Crippen molar-refractivity contribution in [1.82, 2.24) is 10.2 Å². The summed E-state index contributed by atoms with van der Waals surface area (Å²) >= 11 is 0. The smallest absolute Gasteiger partial charge is 0.317 e. The van der Waals surface area contributed by atoms with Crippen molar-refractivity contribution in [2.75, 3.05) is 19.6 Å². The number of carbonyl (C=O) groups excluding carboxylic acids is 1. The Morgan fingerprint density at radius 3 is 2.53 bits per heavy atom. The summed E-state index contributed by atoms with van der Waals surface area (Å²) in [5, 5.41) is 3.02. The minimum absolute atomic E-state index is 0.122. The molecule has 2 rings (SSSR count). The second-order valence-corrected chi connectivity index (χ2v) is 5.23. The van der Waals surface area contributed by atoms with Gasteiger partial charge in [0.2, 0.25) is 0 Å². The fraction of sp³-hybridized carbons (Fsp3) is 0.909. The highest BCUT2D eigenvalue weighted by Gasteiger charge is 2.32. The summed E-state index contributed by atoms with van der Waals surface area (Å²) in [6.45, 7) is 4.65. The maximum absolute atomic E-state index is 11.7. The number of nitrogens with one attached hydrogen (secondary N) is 1. The zero-order valence-corrected chi connectivity index (χ0v) is 9.46. The summed E-state index contributed by atoms with van der Waals surface area (Å²) < 4.78 is 0. The fourth-order valence-electron chi connectivity index (χ4n) is 1.95. The summed E-state index contributed by atoms with van der Waals surface area (Å²) in [5.41, 5.74) is 5.98. The molecule has 4 heteroatoms. The third kappa shape index (κ3) is 2.62. The van der Waals surface area contributed by atoms with Crippen LogP contribution in [0.5, 0.6) is 0 Å². The van der Waals surface area contributed by atoms with Gasteiger partial charge < -0.3 is 16.0 Å². The van der Waals surface area contributed by atoms with Crippen molar-refractivity contribution in [2.24, 2.45) is 11.1 Å². The van der Waals surface area contributed by atoms with Crippen molar-refractivity contribution >= 4 is 6.03 Å². The predicted molar refractivity (Wildman–Crippen MR) is 59.5 cm³/mol. The molecule has 1 heterocycles. The van der Waals surface area contributed by atoms with Crippen LogP contribution in [0.2, 0.25) is 0 Å². The van der Waals surface area contributed by atoms with E-state index in [1.807, 2.05) is 4.90 Å². The topological polar surface area (TPSA) is 58.4 Å². The first-order valence-electron chi connectivity index (χ1n) is 5.88. The molecule has 1 aliphatic heterocycles. The molecule has 1 saturated carbocycles. The van der Waals surface area contributed by atoms with Gasteiger partial charge in [0.25, 0.3) is 0 Å². The largest absolute Gasteiger partial charge is 0.335 e. The quantitative estimate of drug-likeness (QED) is 0.713. The highest BCUT2D eigenvalue weighted by atomic mass is 16.2. The van der Waals surface area contributed by atoms with Crippen molar-refractivity contribution in [3.8, 4) is 0 Å². The number of hydrogen-bond donors (Lipinski definition) is 2. The summed E-state index contributed by atoms with van der Waals surface area (Å²) in [7, 11) is 0. The Hall–Kier alpha value is -0.770. The van der Waals surface area contributed by atoms with Gasteiger partial charge in [-0.2, -0.15) is 0 Å². The molecule has 0 spiro atoms. The SMILES string of the molecule is CC1(CN)CCN(C(=O)NC2CC2)CC1. The minimum Gasteiger partial charge on any atom is -0.335 e. The van der Waals surface area contributed by atoms with Crippen LogP contribution in [0.1, 0.15) is 32.6 Å². The molecule has 0 aromatic carbocycles. The van der Waals surface area contributed by atoms with Gasteiger partial charge in [0.05, 0.1) is 0 Å². The van der Waals surface area contributed by atoms with E-state index in [0.29, 0.717) is 6.04 Å². The molecule has 4 nitrogen and oxygen atoms in total. The molecule has 0 atom stereocenters. The third-order valence-electron chi connectivity index (χ3n) is 3.66. The molecule has 1 saturated heterocycles. The lowest BCUT2D eigenvalue weighted by Gasteiger charge is -2.38. The first kappa shape index (κ1) is 10.7. The molecule has 1 aliphatic carbocycles. The molecule has 2 aliphatic rings. The lowest BCUT2D eigenvalue weighted by Crippen LogP contribution is -2.48. The average Bonchev–Trinajstić information content (AvgIpc) is 3.03. The van der Waals surface area contributed by atoms with Crippen LogP contribution in [0.3, 0.4) is 0 Å². The summed E-state index contributed by atoms with van der Waals surface area (Å²) in [5.74, 6) is 0. The predicted octanol–water partition coefficient (Wildman–Crippen LogP) is 0.919. The van der Waals surface area contributed by atoms with Gasteiger partial charge >= 0.3 is 6.03 Å². The number of likely N-dealkylation sites (tertiary alicyclic amines) is 1. The highest BCUT2D eigenvalue weighted by molar-refractivity contribution is 5.74. The van der Waals surface area contributed by atoms with Gasteiger partial charge in [-0.3, -0.25) is 0 Å². The molecule has 15 heavy (non-hydrogen) atoms. The fourth-order valence-corrected chi connectivity index (χ4v) is 1.95. The van der Waals surface area contributed by atoms with E-state index in [2.05, 4.69) is 12.2 Å². The normalized spacial score (nSPS) is 25.1. The van der Waals surface area contributed by atoms with Gasteiger partial charge in [0.15, 0.2) is 0 Å². The molecule has 2 amide bonds. The number of nitrogens with zero attached hydrogens (tertiary/aromatic N) is 1. The molecule has 0 aromatic heterocycles. The van der Waals surface area contributed by atoms with E-state index >= 15 is 0 Å². The number of nitrogens with two attached hydrogens (primary N) is 1. The number of urea groups is 1. The van der Waals surface area contributed by atoms with Gasteiger partial charge in [-0.1, -0.05) is 6.92 Å². The highest BCUT2D eigenvalue weighted by Crippen LogP contribution is 2.29.